The van der Waals surface area contributed by atoms with Crippen molar-refractivity contribution in [1.29, 1.82) is 0 Å². The van der Waals surface area contributed by atoms with Crippen LogP contribution in [0.1, 0.15) is 6.92 Å². The Kier molecular flexibility index (Phi) is 3.85. The third kappa shape index (κ3) is 2.70. The fourth-order valence-corrected chi connectivity index (χ4v) is 2.64. The Bertz CT molecular complexity index is 598. The fraction of sp³-hybridized carbons (Fsp3) is 0.250. The van der Waals surface area contributed by atoms with Crippen molar-refractivity contribution in [3.8, 4) is 0 Å². The van der Waals surface area contributed by atoms with E-state index in [0.29, 0.717) is 21.2 Å². The van der Waals surface area contributed by atoms with Gasteiger partial charge in [0.05, 0.1) is 4.47 Å². The van der Waals surface area contributed by atoms with Gasteiger partial charge in [-0.05, 0) is 46.2 Å². The standard InChI is InChI=1S/C8H7BrClN5OS/c1-2-15-7(16)13-14-8(15)17-5-4(9)3-11-6(10)12-5/h3H,2H2,1H3,(H,13,16). The highest BCUT2D eigenvalue weighted by Gasteiger charge is 2.12. The lowest BCUT2D eigenvalue weighted by Crippen LogP contribution is -2.16. The van der Waals surface area contributed by atoms with Crippen LogP contribution in [0.2, 0.25) is 5.28 Å². The van der Waals surface area contributed by atoms with Gasteiger partial charge in [-0.15, -0.1) is 5.10 Å². The molecule has 2 aromatic heterocycles. The summed E-state index contributed by atoms with van der Waals surface area (Å²) in [4.78, 5) is 19.3. The molecule has 0 unspecified atom stereocenters. The number of halogens is 2. The summed E-state index contributed by atoms with van der Waals surface area (Å²) in [6.07, 6.45) is 1.55. The number of nitrogens with one attached hydrogen (secondary N) is 1. The second-order valence-electron chi connectivity index (χ2n) is 2.95. The Balaban J connectivity index is 2.37. The van der Waals surface area contributed by atoms with Gasteiger partial charge in [-0.2, -0.15) is 0 Å². The van der Waals surface area contributed by atoms with Crippen LogP contribution in [0.4, 0.5) is 0 Å². The SMILES string of the molecule is CCn1c(Sc2nc(Cl)ncc2Br)n[nH]c1=O. The first-order valence-corrected chi connectivity index (χ1v) is 6.61. The van der Waals surface area contributed by atoms with Crippen molar-refractivity contribution >= 4 is 39.3 Å². The van der Waals surface area contributed by atoms with Crippen LogP contribution in [0.15, 0.2) is 25.6 Å². The summed E-state index contributed by atoms with van der Waals surface area (Å²) in [6.45, 7) is 2.40. The maximum absolute atomic E-state index is 11.4. The van der Waals surface area contributed by atoms with Crippen molar-refractivity contribution in [2.75, 3.05) is 0 Å². The van der Waals surface area contributed by atoms with Gasteiger partial charge < -0.3 is 0 Å². The van der Waals surface area contributed by atoms with E-state index in [9.17, 15) is 4.79 Å². The van der Waals surface area contributed by atoms with Gasteiger partial charge in [-0.1, -0.05) is 0 Å². The van der Waals surface area contributed by atoms with Crippen molar-refractivity contribution in [2.24, 2.45) is 0 Å². The summed E-state index contributed by atoms with van der Waals surface area (Å²) in [5.41, 5.74) is -0.244. The number of aromatic nitrogens is 5. The summed E-state index contributed by atoms with van der Waals surface area (Å²) >= 11 is 10.3. The van der Waals surface area contributed by atoms with E-state index in [1.807, 2.05) is 6.92 Å². The highest BCUT2D eigenvalue weighted by Crippen LogP contribution is 2.30. The molecule has 0 aliphatic heterocycles. The molecule has 0 aliphatic rings. The predicted octanol–water partition coefficient (Wildman–Crippen LogP) is 1.95. The quantitative estimate of drug-likeness (QED) is 0.685. The average Bonchev–Trinajstić information content (AvgIpc) is 2.64. The topological polar surface area (TPSA) is 76.5 Å². The molecular formula is C8H7BrClN5OS. The Labute approximate surface area is 114 Å². The van der Waals surface area contributed by atoms with Gasteiger partial charge >= 0.3 is 5.69 Å². The van der Waals surface area contributed by atoms with Crippen LogP contribution in [0, 0.1) is 0 Å². The van der Waals surface area contributed by atoms with E-state index in [4.69, 9.17) is 11.6 Å². The van der Waals surface area contributed by atoms with E-state index >= 15 is 0 Å². The molecule has 6 nitrogen and oxygen atoms in total. The van der Waals surface area contributed by atoms with Crippen molar-refractivity contribution in [3.05, 3.63) is 26.4 Å². The van der Waals surface area contributed by atoms with Crippen LogP contribution in [-0.4, -0.2) is 24.7 Å². The van der Waals surface area contributed by atoms with Crippen molar-refractivity contribution in [3.63, 3.8) is 0 Å². The maximum atomic E-state index is 11.4. The zero-order chi connectivity index (χ0) is 12.4. The molecule has 2 aromatic rings. The minimum Gasteiger partial charge on any atom is -0.270 e. The molecule has 0 amide bonds. The summed E-state index contributed by atoms with van der Waals surface area (Å²) in [5, 5.41) is 7.60. The Morgan fingerprint density at radius 3 is 3.12 bits per heavy atom. The van der Waals surface area contributed by atoms with Crippen molar-refractivity contribution < 1.29 is 0 Å². The molecule has 1 N–H and O–H groups in total. The van der Waals surface area contributed by atoms with Gasteiger partial charge in [0.25, 0.3) is 0 Å². The minimum absolute atomic E-state index is 0.150. The average molecular weight is 337 g/mol. The molecule has 0 radical (unpaired) electrons. The van der Waals surface area contributed by atoms with Crippen LogP contribution >= 0.6 is 39.3 Å². The molecule has 0 aromatic carbocycles. The lowest BCUT2D eigenvalue weighted by atomic mass is 10.7. The van der Waals surface area contributed by atoms with Crippen LogP contribution in [0.5, 0.6) is 0 Å². The first-order valence-electron chi connectivity index (χ1n) is 4.63. The molecule has 0 fully saturated rings. The fourth-order valence-electron chi connectivity index (χ4n) is 1.15. The molecule has 0 bridgehead atoms. The third-order valence-electron chi connectivity index (χ3n) is 1.91. The summed E-state index contributed by atoms with van der Waals surface area (Å²) < 4.78 is 2.21. The molecule has 2 rings (SSSR count). The van der Waals surface area contributed by atoms with Gasteiger partial charge in [0.1, 0.15) is 5.03 Å². The van der Waals surface area contributed by atoms with E-state index in [0.717, 1.165) is 0 Å². The van der Waals surface area contributed by atoms with Crippen LogP contribution in [0.25, 0.3) is 0 Å². The van der Waals surface area contributed by atoms with E-state index in [-0.39, 0.29) is 11.0 Å². The van der Waals surface area contributed by atoms with E-state index < -0.39 is 0 Å². The number of H-pyrrole nitrogens is 1. The predicted molar refractivity (Wildman–Crippen MR) is 67.4 cm³/mol. The number of rotatable bonds is 3. The van der Waals surface area contributed by atoms with Crippen LogP contribution in [-0.2, 0) is 6.54 Å². The van der Waals surface area contributed by atoms with Gasteiger partial charge in [0.15, 0.2) is 5.16 Å². The van der Waals surface area contributed by atoms with Gasteiger partial charge in [-0.25, -0.2) is 19.9 Å². The first-order chi connectivity index (χ1) is 8.11. The largest absolute Gasteiger partial charge is 0.343 e. The third-order valence-corrected chi connectivity index (χ3v) is 3.93. The van der Waals surface area contributed by atoms with Gasteiger partial charge in [0.2, 0.25) is 5.28 Å². The lowest BCUT2D eigenvalue weighted by molar-refractivity contribution is 0.660. The zero-order valence-electron chi connectivity index (χ0n) is 8.65. The minimum atomic E-state index is -0.244. The highest BCUT2D eigenvalue weighted by molar-refractivity contribution is 9.10. The molecule has 90 valence electrons. The van der Waals surface area contributed by atoms with E-state index in [2.05, 4.69) is 36.1 Å². The lowest BCUT2D eigenvalue weighted by Gasteiger charge is -2.03. The molecule has 2 heterocycles. The summed E-state index contributed by atoms with van der Waals surface area (Å²) in [5.74, 6) is 0. The zero-order valence-corrected chi connectivity index (χ0v) is 11.8. The second kappa shape index (κ2) is 5.19. The van der Waals surface area contributed by atoms with Gasteiger partial charge in [0, 0.05) is 12.7 Å². The summed E-state index contributed by atoms with van der Waals surface area (Å²) in [7, 11) is 0. The maximum Gasteiger partial charge on any atom is 0.343 e. The molecular weight excluding hydrogens is 330 g/mol. The number of nitrogens with zero attached hydrogens (tertiary/aromatic N) is 4. The highest BCUT2D eigenvalue weighted by atomic mass is 79.9. The molecule has 9 heteroatoms. The van der Waals surface area contributed by atoms with Gasteiger partial charge in [-0.3, -0.25) is 4.57 Å². The Morgan fingerprint density at radius 1 is 1.65 bits per heavy atom. The molecule has 0 spiro atoms. The second-order valence-corrected chi connectivity index (χ2v) is 5.10. The Morgan fingerprint density at radius 2 is 2.41 bits per heavy atom. The van der Waals surface area contributed by atoms with Crippen LogP contribution < -0.4 is 5.69 Å². The number of aromatic amines is 1. The van der Waals surface area contributed by atoms with Crippen molar-refractivity contribution in [1.82, 2.24) is 24.7 Å². The molecule has 0 atom stereocenters. The molecule has 0 saturated heterocycles. The van der Waals surface area contributed by atoms with E-state index in [1.165, 1.54) is 16.3 Å². The number of hydrogen-bond donors (Lipinski definition) is 1. The molecule has 0 saturated carbocycles. The Hall–Kier alpha value is -0.860. The number of hydrogen-bond acceptors (Lipinski definition) is 5. The first kappa shape index (κ1) is 12.6. The summed E-state index contributed by atoms with van der Waals surface area (Å²) in [6, 6.07) is 0. The normalized spacial score (nSPS) is 10.8. The molecule has 0 aliphatic carbocycles. The monoisotopic (exact) mass is 335 g/mol. The smallest absolute Gasteiger partial charge is 0.270 e. The van der Waals surface area contributed by atoms with E-state index in [1.54, 1.807) is 6.20 Å². The van der Waals surface area contributed by atoms with Crippen LogP contribution in [0.3, 0.4) is 0 Å². The molecule has 17 heavy (non-hydrogen) atoms. The van der Waals surface area contributed by atoms with Crippen molar-refractivity contribution in [2.45, 2.75) is 23.7 Å².